The molecule has 0 bridgehead atoms. The number of amides is 2. The molecule has 140 valence electrons. The second kappa shape index (κ2) is 7.57. The summed E-state index contributed by atoms with van der Waals surface area (Å²) < 4.78 is 24.4. The van der Waals surface area contributed by atoms with Crippen molar-refractivity contribution in [1.82, 2.24) is 4.90 Å². The number of hydrogen-bond acceptors (Lipinski definition) is 5. The van der Waals surface area contributed by atoms with Crippen molar-refractivity contribution in [1.29, 1.82) is 0 Å². The Balaban J connectivity index is 1.92. The molecule has 0 N–H and O–H groups in total. The van der Waals surface area contributed by atoms with Gasteiger partial charge in [0, 0.05) is 5.56 Å². The van der Waals surface area contributed by atoms with Crippen LogP contribution in [0.2, 0.25) is 0 Å². The van der Waals surface area contributed by atoms with Gasteiger partial charge in [-0.1, -0.05) is 19.1 Å². The van der Waals surface area contributed by atoms with E-state index >= 15 is 0 Å². The highest BCUT2D eigenvalue weighted by molar-refractivity contribution is 6.12. The number of hydrogen-bond donors (Lipinski definition) is 0. The lowest BCUT2D eigenvalue weighted by atomic mass is 10.1. The predicted octanol–water partition coefficient (Wildman–Crippen LogP) is 2.86. The first-order chi connectivity index (χ1) is 13.0. The number of rotatable bonds is 5. The van der Waals surface area contributed by atoms with Crippen LogP contribution in [0.4, 0.5) is 4.39 Å². The number of para-hydroxylation sites is 1. The third-order valence-corrected chi connectivity index (χ3v) is 4.32. The summed E-state index contributed by atoms with van der Waals surface area (Å²) in [6, 6.07) is 10.2. The lowest BCUT2D eigenvalue weighted by molar-refractivity contribution is -0.135. The minimum absolute atomic E-state index is 0.00171. The zero-order valence-corrected chi connectivity index (χ0v) is 14.9. The first-order valence-electron chi connectivity index (χ1n) is 8.44. The van der Waals surface area contributed by atoms with E-state index in [-0.39, 0.29) is 16.9 Å². The summed E-state index contributed by atoms with van der Waals surface area (Å²) in [6.07, 6.45) is -0.541. The molecule has 0 aromatic heterocycles. The van der Waals surface area contributed by atoms with Crippen LogP contribution in [0.1, 0.15) is 34.1 Å². The lowest BCUT2D eigenvalue weighted by Gasteiger charge is -2.21. The maximum atomic E-state index is 13.9. The van der Waals surface area contributed by atoms with Gasteiger partial charge < -0.3 is 9.47 Å². The van der Waals surface area contributed by atoms with Gasteiger partial charge in [-0.2, -0.15) is 0 Å². The van der Waals surface area contributed by atoms with Crippen molar-refractivity contribution in [2.45, 2.75) is 19.4 Å². The standard InChI is InChI=1S/C20H18FNO5/c1-3-16-20(25)22(19(24)13-6-4-5-7-17(13)27-16)11-15(23)12-8-9-18(26-2)14(21)10-12/h4-10,16H,3,11H2,1-2H3. The molecule has 1 unspecified atom stereocenters. The minimum atomic E-state index is -0.877. The number of halogens is 1. The van der Waals surface area contributed by atoms with Gasteiger partial charge >= 0.3 is 0 Å². The summed E-state index contributed by atoms with van der Waals surface area (Å²) in [6.45, 7) is 1.25. The average Bonchev–Trinajstić information content (AvgIpc) is 2.78. The molecule has 1 aliphatic heterocycles. The van der Waals surface area contributed by atoms with Crippen molar-refractivity contribution in [3.63, 3.8) is 0 Å². The molecule has 2 aromatic rings. The molecule has 0 spiro atoms. The molecule has 0 radical (unpaired) electrons. The largest absolute Gasteiger partial charge is 0.494 e. The fourth-order valence-corrected chi connectivity index (χ4v) is 2.85. The van der Waals surface area contributed by atoms with Crippen molar-refractivity contribution < 1.29 is 28.2 Å². The van der Waals surface area contributed by atoms with Gasteiger partial charge in [0.05, 0.1) is 19.2 Å². The number of ether oxygens (including phenoxy) is 2. The van der Waals surface area contributed by atoms with E-state index < -0.39 is 36.1 Å². The van der Waals surface area contributed by atoms with Crippen LogP contribution in [0.15, 0.2) is 42.5 Å². The van der Waals surface area contributed by atoms with Crippen LogP contribution in [0, 0.1) is 5.82 Å². The molecule has 0 aliphatic carbocycles. The molecule has 3 rings (SSSR count). The maximum absolute atomic E-state index is 13.9. The third-order valence-electron chi connectivity index (χ3n) is 4.32. The minimum Gasteiger partial charge on any atom is -0.494 e. The van der Waals surface area contributed by atoms with Gasteiger partial charge in [-0.25, -0.2) is 4.39 Å². The Labute approximate surface area is 155 Å². The van der Waals surface area contributed by atoms with Crippen LogP contribution in [0.25, 0.3) is 0 Å². The highest BCUT2D eigenvalue weighted by Crippen LogP contribution is 2.27. The number of nitrogens with zero attached hydrogens (tertiary/aromatic N) is 1. The van der Waals surface area contributed by atoms with E-state index in [0.717, 1.165) is 11.0 Å². The van der Waals surface area contributed by atoms with Gasteiger partial charge in [0.2, 0.25) is 0 Å². The smallest absolute Gasteiger partial charge is 0.270 e. The molecule has 7 heteroatoms. The number of fused-ring (bicyclic) bond motifs is 1. The van der Waals surface area contributed by atoms with Crippen molar-refractivity contribution >= 4 is 17.6 Å². The number of imide groups is 1. The van der Waals surface area contributed by atoms with E-state index in [4.69, 9.17) is 9.47 Å². The molecule has 6 nitrogen and oxygen atoms in total. The normalized spacial score (nSPS) is 16.4. The van der Waals surface area contributed by atoms with E-state index in [9.17, 15) is 18.8 Å². The second-order valence-electron chi connectivity index (χ2n) is 6.01. The zero-order valence-electron chi connectivity index (χ0n) is 14.9. The van der Waals surface area contributed by atoms with E-state index in [2.05, 4.69) is 0 Å². The summed E-state index contributed by atoms with van der Waals surface area (Å²) in [4.78, 5) is 39.0. The molecule has 0 saturated carbocycles. The molecule has 2 aromatic carbocycles. The Kier molecular flexibility index (Phi) is 5.21. The molecule has 2 amide bonds. The van der Waals surface area contributed by atoms with Gasteiger partial charge in [0.15, 0.2) is 23.5 Å². The van der Waals surface area contributed by atoms with Gasteiger partial charge in [-0.05, 0) is 36.8 Å². The Hall–Kier alpha value is -3.22. The van der Waals surface area contributed by atoms with E-state index in [1.807, 2.05) is 0 Å². The molecule has 0 saturated heterocycles. The Morgan fingerprint density at radius 3 is 2.63 bits per heavy atom. The Morgan fingerprint density at radius 2 is 1.96 bits per heavy atom. The number of methoxy groups -OCH3 is 1. The topological polar surface area (TPSA) is 72.9 Å². The summed E-state index contributed by atoms with van der Waals surface area (Å²) in [5.74, 6) is -2.17. The van der Waals surface area contributed by atoms with Crippen molar-refractivity contribution in [3.8, 4) is 11.5 Å². The molecule has 1 heterocycles. The van der Waals surface area contributed by atoms with E-state index in [1.54, 1.807) is 25.1 Å². The van der Waals surface area contributed by atoms with Crippen molar-refractivity contribution in [3.05, 3.63) is 59.4 Å². The van der Waals surface area contributed by atoms with Crippen molar-refractivity contribution in [2.24, 2.45) is 0 Å². The van der Waals surface area contributed by atoms with Crippen LogP contribution in [-0.2, 0) is 4.79 Å². The maximum Gasteiger partial charge on any atom is 0.270 e. The number of Topliss-reactive ketones (excluding diaryl/α,β-unsaturated/α-hetero) is 1. The predicted molar refractivity (Wildman–Crippen MR) is 94.5 cm³/mol. The second-order valence-corrected chi connectivity index (χ2v) is 6.01. The number of benzene rings is 2. The first-order valence-corrected chi connectivity index (χ1v) is 8.44. The fourth-order valence-electron chi connectivity index (χ4n) is 2.85. The number of ketones is 1. The summed E-state index contributed by atoms with van der Waals surface area (Å²) in [5.41, 5.74) is 0.246. The average molecular weight is 371 g/mol. The van der Waals surface area contributed by atoms with Crippen molar-refractivity contribution in [2.75, 3.05) is 13.7 Å². The highest BCUT2D eigenvalue weighted by Gasteiger charge is 2.36. The quantitative estimate of drug-likeness (QED) is 0.597. The summed E-state index contributed by atoms with van der Waals surface area (Å²) in [7, 11) is 1.32. The van der Waals surface area contributed by atoms with Crippen LogP contribution in [0.3, 0.4) is 0 Å². The first kappa shape index (κ1) is 18.6. The molecule has 27 heavy (non-hydrogen) atoms. The van der Waals surface area contributed by atoms with Crippen LogP contribution >= 0.6 is 0 Å². The van der Waals surface area contributed by atoms with E-state index in [0.29, 0.717) is 12.2 Å². The fraction of sp³-hybridized carbons (Fsp3) is 0.250. The van der Waals surface area contributed by atoms with Gasteiger partial charge in [-0.15, -0.1) is 0 Å². The van der Waals surface area contributed by atoms with Crippen LogP contribution < -0.4 is 9.47 Å². The van der Waals surface area contributed by atoms with Gasteiger partial charge in [-0.3, -0.25) is 19.3 Å². The summed E-state index contributed by atoms with van der Waals surface area (Å²) in [5, 5.41) is 0. The van der Waals surface area contributed by atoms with Gasteiger partial charge in [0.1, 0.15) is 5.75 Å². The monoisotopic (exact) mass is 371 g/mol. The highest BCUT2D eigenvalue weighted by atomic mass is 19.1. The molecule has 0 fully saturated rings. The zero-order chi connectivity index (χ0) is 19.6. The van der Waals surface area contributed by atoms with Crippen LogP contribution in [-0.4, -0.2) is 42.3 Å². The number of carbonyl (C=O) groups is 3. The SMILES string of the molecule is CCC1Oc2ccccc2C(=O)N(CC(=O)c2ccc(OC)c(F)c2)C1=O. The molecular formula is C20H18FNO5. The number of carbonyl (C=O) groups excluding carboxylic acids is 3. The van der Waals surface area contributed by atoms with E-state index in [1.165, 1.54) is 25.3 Å². The van der Waals surface area contributed by atoms with Crippen LogP contribution in [0.5, 0.6) is 11.5 Å². The molecule has 1 atom stereocenters. The molecule has 1 aliphatic rings. The molecular weight excluding hydrogens is 353 g/mol. The summed E-state index contributed by atoms with van der Waals surface area (Å²) >= 11 is 0. The van der Waals surface area contributed by atoms with Gasteiger partial charge in [0.25, 0.3) is 11.8 Å². The Morgan fingerprint density at radius 1 is 1.22 bits per heavy atom. The Bertz CT molecular complexity index is 911. The lowest BCUT2D eigenvalue weighted by Crippen LogP contribution is -2.45. The third kappa shape index (κ3) is 3.53.